The minimum absolute atomic E-state index is 0.0625. The Morgan fingerprint density at radius 2 is 1.83 bits per heavy atom. The van der Waals surface area contributed by atoms with Gasteiger partial charge in [-0.15, -0.1) is 0 Å². The van der Waals surface area contributed by atoms with E-state index in [4.69, 9.17) is 9.47 Å². The van der Waals surface area contributed by atoms with Gasteiger partial charge >= 0.3 is 0 Å². The third-order valence-corrected chi connectivity index (χ3v) is 5.55. The number of fused-ring (bicyclic) bond motifs is 2. The van der Waals surface area contributed by atoms with Crippen molar-refractivity contribution in [3.8, 4) is 11.5 Å². The first kappa shape index (κ1) is 17.7. The van der Waals surface area contributed by atoms with Crippen molar-refractivity contribution in [3.63, 3.8) is 0 Å². The Labute approximate surface area is 167 Å². The van der Waals surface area contributed by atoms with Gasteiger partial charge in [0.15, 0.2) is 11.5 Å². The molecule has 7 nitrogen and oxygen atoms in total. The van der Waals surface area contributed by atoms with Gasteiger partial charge in [0.05, 0.1) is 17.5 Å². The maximum atomic E-state index is 12.7. The lowest BCUT2D eigenvalue weighted by molar-refractivity contribution is -0.115. The molecule has 0 saturated heterocycles. The van der Waals surface area contributed by atoms with Crippen molar-refractivity contribution in [1.82, 2.24) is 9.78 Å². The molecule has 5 rings (SSSR count). The lowest BCUT2D eigenvalue weighted by Crippen LogP contribution is -2.34. The number of anilines is 1. The van der Waals surface area contributed by atoms with Crippen LogP contribution in [0.1, 0.15) is 31.4 Å². The Hall–Kier alpha value is -3.35. The van der Waals surface area contributed by atoms with Gasteiger partial charge in [0.2, 0.25) is 5.91 Å². The fourth-order valence-corrected chi connectivity index (χ4v) is 4.15. The molecule has 1 aliphatic carbocycles. The van der Waals surface area contributed by atoms with Crippen molar-refractivity contribution < 1.29 is 14.3 Å². The molecule has 7 heteroatoms. The Balaban J connectivity index is 1.36. The average Bonchev–Trinajstić information content (AvgIpc) is 3.31. The van der Waals surface area contributed by atoms with Crippen LogP contribution in [0.3, 0.4) is 0 Å². The molecule has 2 aromatic carbocycles. The van der Waals surface area contributed by atoms with Crippen molar-refractivity contribution in [3.05, 3.63) is 58.5 Å². The number of aromatic nitrogens is 2. The van der Waals surface area contributed by atoms with E-state index in [1.54, 1.807) is 31.3 Å². The number of benzene rings is 2. The fraction of sp³-hybridized carbons (Fsp3) is 0.318. The quantitative estimate of drug-likeness (QED) is 0.742. The molecule has 1 spiro atoms. The maximum Gasteiger partial charge on any atom is 0.274 e. The first-order valence-electron chi connectivity index (χ1n) is 9.80. The van der Waals surface area contributed by atoms with E-state index >= 15 is 0 Å². The largest absolute Gasteiger partial charge is 0.448 e. The Morgan fingerprint density at radius 3 is 2.62 bits per heavy atom. The topological polar surface area (TPSA) is 82.5 Å². The SMILES string of the molecule is Cn1nc(CC(=O)Nc2ccc3c(c2)OC2(CCCC2)O3)c2ccccc2c1=O. The Kier molecular flexibility index (Phi) is 4.04. The van der Waals surface area contributed by atoms with E-state index in [0.717, 1.165) is 31.4 Å². The molecular formula is C22H21N3O4. The van der Waals surface area contributed by atoms with E-state index in [1.807, 2.05) is 18.2 Å². The second-order valence-corrected chi connectivity index (χ2v) is 7.63. The number of nitrogens with one attached hydrogen (secondary N) is 1. The summed E-state index contributed by atoms with van der Waals surface area (Å²) < 4.78 is 13.3. The van der Waals surface area contributed by atoms with Crippen LogP contribution < -0.4 is 20.3 Å². The summed E-state index contributed by atoms with van der Waals surface area (Å²) in [5.74, 6) is 0.643. The van der Waals surface area contributed by atoms with E-state index in [1.165, 1.54) is 4.68 Å². The second kappa shape index (κ2) is 6.62. The second-order valence-electron chi connectivity index (χ2n) is 7.63. The van der Waals surface area contributed by atoms with Crippen LogP contribution in [0.25, 0.3) is 10.8 Å². The summed E-state index contributed by atoms with van der Waals surface area (Å²) in [4.78, 5) is 24.9. The van der Waals surface area contributed by atoms with Gasteiger partial charge in [-0.25, -0.2) is 4.68 Å². The normalized spacial score (nSPS) is 16.4. The number of amides is 1. The zero-order valence-corrected chi connectivity index (χ0v) is 16.1. The smallest absolute Gasteiger partial charge is 0.274 e. The molecule has 2 heterocycles. The van der Waals surface area contributed by atoms with Crippen LogP contribution in [-0.4, -0.2) is 21.5 Å². The lowest BCUT2D eigenvalue weighted by Gasteiger charge is -2.21. The number of hydrogen-bond donors (Lipinski definition) is 1. The monoisotopic (exact) mass is 391 g/mol. The molecule has 0 atom stereocenters. The van der Waals surface area contributed by atoms with E-state index < -0.39 is 5.79 Å². The number of rotatable bonds is 3. The standard InChI is InChI=1S/C22H21N3O4/c1-25-21(27)16-7-3-2-6-15(16)17(24-25)13-20(26)23-14-8-9-18-19(12-14)29-22(28-18)10-4-5-11-22/h2-3,6-9,12H,4-5,10-11,13H2,1H3,(H,23,26). The van der Waals surface area contributed by atoms with Crippen molar-refractivity contribution >= 4 is 22.4 Å². The summed E-state index contributed by atoms with van der Waals surface area (Å²) in [5.41, 5.74) is 1.02. The number of aryl methyl sites for hydroxylation is 1. The van der Waals surface area contributed by atoms with Gasteiger partial charge in [-0.05, 0) is 31.0 Å². The molecule has 1 aliphatic heterocycles. The predicted octanol–water partition coefficient (Wildman–Crippen LogP) is 3.16. The van der Waals surface area contributed by atoms with Crippen LogP contribution in [0.15, 0.2) is 47.3 Å². The highest BCUT2D eigenvalue weighted by molar-refractivity contribution is 5.95. The third kappa shape index (κ3) is 3.12. The summed E-state index contributed by atoms with van der Waals surface area (Å²) in [5, 5.41) is 8.43. The summed E-state index contributed by atoms with van der Waals surface area (Å²) in [6, 6.07) is 12.6. The van der Waals surface area contributed by atoms with Crippen LogP contribution >= 0.6 is 0 Å². The number of ether oxygens (including phenoxy) is 2. The van der Waals surface area contributed by atoms with Gasteiger partial charge < -0.3 is 14.8 Å². The minimum atomic E-state index is -0.525. The van der Waals surface area contributed by atoms with Crippen LogP contribution in [0, 0.1) is 0 Å². The molecule has 29 heavy (non-hydrogen) atoms. The molecule has 1 N–H and O–H groups in total. The first-order valence-corrected chi connectivity index (χ1v) is 9.80. The highest BCUT2D eigenvalue weighted by Crippen LogP contribution is 2.47. The zero-order chi connectivity index (χ0) is 20.0. The minimum Gasteiger partial charge on any atom is -0.448 e. The molecule has 3 aromatic rings. The van der Waals surface area contributed by atoms with E-state index in [9.17, 15) is 9.59 Å². The number of nitrogens with zero attached hydrogens (tertiary/aromatic N) is 2. The van der Waals surface area contributed by atoms with Crippen molar-refractivity contribution in [2.75, 3.05) is 5.32 Å². The average molecular weight is 391 g/mol. The van der Waals surface area contributed by atoms with Crippen LogP contribution in [0.2, 0.25) is 0 Å². The van der Waals surface area contributed by atoms with Gasteiger partial charge in [0.25, 0.3) is 11.3 Å². The predicted molar refractivity (Wildman–Crippen MR) is 108 cm³/mol. The summed E-state index contributed by atoms with van der Waals surface area (Å²) in [6.07, 6.45) is 4.02. The number of carbonyl (C=O) groups excluding carboxylic acids is 1. The Morgan fingerprint density at radius 1 is 1.10 bits per heavy atom. The number of hydrogen-bond acceptors (Lipinski definition) is 5. The summed E-state index contributed by atoms with van der Waals surface area (Å²) in [7, 11) is 1.59. The molecular weight excluding hydrogens is 370 g/mol. The molecule has 148 valence electrons. The molecule has 1 saturated carbocycles. The zero-order valence-electron chi connectivity index (χ0n) is 16.1. The van der Waals surface area contributed by atoms with Gasteiger partial charge in [-0.2, -0.15) is 5.10 Å². The summed E-state index contributed by atoms with van der Waals surface area (Å²) >= 11 is 0. The third-order valence-electron chi connectivity index (χ3n) is 5.55. The van der Waals surface area contributed by atoms with Gasteiger partial charge in [-0.1, -0.05) is 18.2 Å². The summed E-state index contributed by atoms with van der Waals surface area (Å²) in [6.45, 7) is 0. The highest BCUT2D eigenvalue weighted by Gasteiger charge is 2.44. The van der Waals surface area contributed by atoms with Crippen LogP contribution in [0.4, 0.5) is 5.69 Å². The van der Waals surface area contributed by atoms with Gasteiger partial charge in [-0.3, -0.25) is 9.59 Å². The molecule has 1 aromatic heterocycles. The number of carbonyl (C=O) groups is 1. The molecule has 0 radical (unpaired) electrons. The molecule has 1 amide bonds. The van der Waals surface area contributed by atoms with E-state index in [0.29, 0.717) is 27.9 Å². The molecule has 1 fully saturated rings. The fourth-order valence-electron chi connectivity index (χ4n) is 4.15. The molecule has 2 aliphatic rings. The maximum absolute atomic E-state index is 12.7. The van der Waals surface area contributed by atoms with E-state index in [-0.39, 0.29) is 17.9 Å². The van der Waals surface area contributed by atoms with E-state index in [2.05, 4.69) is 10.4 Å². The van der Waals surface area contributed by atoms with Crippen LogP contribution in [-0.2, 0) is 18.3 Å². The van der Waals surface area contributed by atoms with Crippen LogP contribution in [0.5, 0.6) is 11.5 Å². The lowest BCUT2D eigenvalue weighted by atomic mass is 10.1. The van der Waals surface area contributed by atoms with Crippen molar-refractivity contribution in [2.24, 2.45) is 7.05 Å². The van der Waals surface area contributed by atoms with Gasteiger partial charge in [0, 0.05) is 37.0 Å². The molecule has 0 bridgehead atoms. The van der Waals surface area contributed by atoms with Crippen molar-refractivity contribution in [2.45, 2.75) is 37.9 Å². The van der Waals surface area contributed by atoms with Crippen molar-refractivity contribution in [1.29, 1.82) is 0 Å². The Bertz CT molecular complexity index is 1180. The molecule has 0 unspecified atom stereocenters. The van der Waals surface area contributed by atoms with Gasteiger partial charge in [0.1, 0.15) is 0 Å². The first-order chi connectivity index (χ1) is 14.0. The highest BCUT2D eigenvalue weighted by atomic mass is 16.7.